The molecule has 2 heterocycles. The van der Waals surface area contributed by atoms with Crippen LogP contribution in [0.15, 0.2) is 66.7 Å². The second-order valence-corrected chi connectivity index (χ2v) is 8.91. The maximum atomic E-state index is 13.7. The first kappa shape index (κ1) is 22.8. The molecule has 0 spiro atoms. The third kappa shape index (κ3) is 4.20. The highest BCUT2D eigenvalue weighted by Crippen LogP contribution is 2.44. The first-order valence-electron chi connectivity index (χ1n) is 10.2. The minimum Gasteiger partial charge on any atom is -0.503 e. The van der Waals surface area contributed by atoms with E-state index in [2.05, 4.69) is 4.98 Å². The molecule has 0 unspecified atom stereocenters. The molecule has 0 saturated carbocycles. The van der Waals surface area contributed by atoms with Crippen LogP contribution in [0.2, 0.25) is 5.02 Å². The van der Waals surface area contributed by atoms with Gasteiger partial charge in [-0.25, -0.2) is 13.8 Å². The molecule has 0 aliphatic rings. The van der Waals surface area contributed by atoms with Crippen molar-refractivity contribution in [3.8, 4) is 33.8 Å². The fourth-order valence-electron chi connectivity index (χ4n) is 3.64. The van der Waals surface area contributed by atoms with Crippen LogP contribution >= 0.6 is 22.9 Å². The highest BCUT2D eigenvalue weighted by atomic mass is 35.5. The van der Waals surface area contributed by atoms with E-state index >= 15 is 0 Å². The summed E-state index contributed by atoms with van der Waals surface area (Å²) in [5, 5.41) is 22.1. The van der Waals surface area contributed by atoms with Gasteiger partial charge in [0.25, 0.3) is 0 Å². The first-order valence-corrected chi connectivity index (χ1v) is 11.4. The molecule has 0 amide bonds. The van der Waals surface area contributed by atoms with Crippen LogP contribution in [-0.4, -0.2) is 32.2 Å². The normalized spacial score (nSPS) is 11.2. The monoisotopic (exact) mass is 512 g/mol. The van der Waals surface area contributed by atoms with Gasteiger partial charge in [-0.1, -0.05) is 35.1 Å². The van der Waals surface area contributed by atoms with Crippen LogP contribution in [0.3, 0.4) is 0 Å². The number of aromatic hydroxyl groups is 2. The van der Waals surface area contributed by atoms with Gasteiger partial charge in [0.2, 0.25) is 11.7 Å². The number of hydrogen-bond donors (Lipinski definition) is 2. The largest absolute Gasteiger partial charge is 0.503 e. The van der Waals surface area contributed by atoms with Crippen molar-refractivity contribution in [3.63, 3.8) is 0 Å². The Morgan fingerprint density at radius 3 is 2.49 bits per heavy atom. The number of hydrogen-bond acceptors (Lipinski definition) is 6. The smallest absolute Gasteiger partial charge is 0.242 e. The summed E-state index contributed by atoms with van der Waals surface area (Å²) in [5.74, 6) is -2.71. The Hall–Kier alpha value is -3.95. The van der Waals surface area contributed by atoms with Crippen LogP contribution < -0.4 is 4.74 Å². The molecule has 176 valence electrons. The van der Waals surface area contributed by atoms with E-state index in [9.17, 15) is 23.8 Å². The fourth-order valence-corrected chi connectivity index (χ4v) is 4.83. The predicted octanol–water partition coefficient (Wildman–Crippen LogP) is 6.36. The number of carbonyl (C=O) groups is 1. The molecule has 0 radical (unpaired) electrons. The maximum Gasteiger partial charge on any atom is 0.242 e. The molecule has 35 heavy (non-hydrogen) atoms. The van der Waals surface area contributed by atoms with E-state index in [4.69, 9.17) is 16.3 Å². The third-order valence-corrected chi connectivity index (χ3v) is 6.56. The predicted molar refractivity (Wildman–Crippen MR) is 129 cm³/mol. The van der Waals surface area contributed by atoms with Gasteiger partial charge in [-0.2, -0.15) is 0 Å². The van der Waals surface area contributed by atoms with Gasteiger partial charge in [0.15, 0.2) is 17.5 Å². The number of benzene rings is 3. The quantitative estimate of drug-likeness (QED) is 0.259. The van der Waals surface area contributed by atoms with Gasteiger partial charge >= 0.3 is 0 Å². The molecule has 2 N–H and O–H groups in total. The summed E-state index contributed by atoms with van der Waals surface area (Å²) in [6.07, 6.45) is 0. The average Bonchev–Trinajstić information content (AvgIpc) is 3.36. The Morgan fingerprint density at radius 2 is 1.74 bits per heavy atom. The third-order valence-electron chi connectivity index (χ3n) is 5.24. The number of fused-ring (bicyclic) bond motifs is 1. The summed E-state index contributed by atoms with van der Waals surface area (Å²) in [4.78, 5) is 17.6. The Balaban J connectivity index is 1.65. The molecule has 10 heteroatoms. The molecule has 0 saturated heterocycles. The minimum absolute atomic E-state index is 0.0762. The molecule has 5 rings (SSSR count). The van der Waals surface area contributed by atoms with Crippen LogP contribution in [0.4, 0.5) is 8.78 Å². The van der Waals surface area contributed by atoms with E-state index < -0.39 is 35.7 Å². The maximum absolute atomic E-state index is 13.7. The minimum atomic E-state index is -0.692. The summed E-state index contributed by atoms with van der Waals surface area (Å²) >= 11 is 7.13. The van der Waals surface area contributed by atoms with Crippen LogP contribution in [0.25, 0.3) is 26.6 Å². The molecule has 5 aromatic rings. The van der Waals surface area contributed by atoms with E-state index in [1.807, 2.05) is 0 Å². The Morgan fingerprint density at radius 1 is 1.03 bits per heavy atom. The van der Waals surface area contributed by atoms with Crippen molar-refractivity contribution in [2.75, 3.05) is 6.61 Å². The highest BCUT2D eigenvalue weighted by molar-refractivity contribution is 7.20. The molecule has 6 nitrogen and oxygen atoms in total. The summed E-state index contributed by atoms with van der Waals surface area (Å²) in [6.45, 7) is -0.500. The van der Waals surface area contributed by atoms with Gasteiger partial charge in [0.1, 0.15) is 17.4 Å². The lowest BCUT2D eigenvalue weighted by Crippen LogP contribution is -2.13. The number of ether oxygens (including phenoxy) is 1. The van der Waals surface area contributed by atoms with Gasteiger partial charge in [-0.05, 0) is 60.2 Å². The standard InChI is InChI=1S/C25H15ClF2N2O4S/c26-16-3-1-2-4-19(16)34-12-18(31)21-22(13-5-7-14(27)8-6-13)30(24(33)23(21)32)25-29-17-10-9-15(28)11-20(17)35-25/h1-11,32-33H,12H2. The Labute approximate surface area is 206 Å². The number of aromatic nitrogens is 2. The first-order chi connectivity index (χ1) is 16.8. The number of thiazole rings is 1. The van der Waals surface area contributed by atoms with Crippen molar-refractivity contribution in [2.24, 2.45) is 0 Å². The van der Waals surface area contributed by atoms with Crippen LogP contribution in [0.5, 0.6) is 17.4 Å². The number of Topliss-reactive ketones (excluding diaryl/α,β-unsaturated/α-hetero) is 1. The summed E-state index contributed by atoms with van der Waals surface area (Å²) in [6, 6.07) is 15.8. The number of carbonyl (C=O) groups excluding carboxylic acids is 1. The lowest BCUT2D eigenvalue weighted by Gasteiger charge is -2.10. The Kier molecular flexibility index (Phi) is 5.88. The van der Waals surface area contributed by atoms with E-state index in [-0.39, 0.29) is 22.1 Å². The molecular formula is C25H15ClF2N2O4S. The zero-order chi connectivity index (χ0) is 24.7. The summed E-state index contributed by atoms with van der Waals surface area (Å²) < 4.78 is 34.6. The summed E-state index contributed by atoms with van der Waals surface area (Å²) in [5.41, 5.74) is 0.617. The lowest BCUT2D eigenvalue weighted by molar-refractivity contribution is 0.0919. The highest BCUT2D eigenvalue weighted by Gasteiger charge is 2.30. The van der Waals surface area contributed by atoms with Gasteiger partial charge in [-0.15, -0.1) is 0 Å². The van der Waals surface area contributed by atoms with Crippen LogP contribution in [-0.2, 0) is 0 Å². The van der Waals surface area contributed by atoms with Crippen molar-refractivity contribution in [2.45, 2.75) is 0 Å². The van der Waals surface area contributed by atoms with E-state index in [1.165, 1.54) is 47.0 Å². The fraction of sp³-hybridized carbons (Fsp3) is 0.0400. The molecule has 0 aliphatic heterocycles. The average molecular weight is 513 g/mol. The SMILES string of the molecule is O=C(COc1ccccc1Cl)c1c(O)c(O)n(-c2nc3ccc(F)cc3s2)c1-c1ccc(F)cc1. The van der Waals surface area contributed by atoms with Crippen LogP contribution in [0.1, 0.15) is 10.4 Å². The van der Waals surface area contributed by atoms with Crippen molar-refractivity contribution < 1.29 is 28.5 Å². The molecule has 0 aliphatic carbocycles. The second kappa shape index (κ2) is 9.01. The van der Waals surface area contributed by atoms with E-state index in [0.29, 0.717) is 20.8 Å². The van der Waals surface area contributed by atoms with E-state index in [0.717, 1.165) is 11.3 Å². The molecule has 2 aromatic heterocycles. The van der Waals surface area contributed by atoms with Crippen molar-refractivity contribution >= 4 is 38.9 Å². The Bertz CT molecular complexity index is 1580. The van der Waals surface area contributed by atoms with Gasteiger partial charge in [0, 0.05) is 0 Å². The molecule has 0 fully saturated rings. The molecule has 0 atom stereocenters. The molecule has 0 bridgehead atoms. The van der Waals surface area contributed by atoms with Gasteiger partial charge < -0.3 is 14.9 Å². The van der Waals surface area contributed by atoms with Crippen molar-refractivity contribution in [1.82, 2.24) is 9.55 Å². The number of rotatable bonds is 6. The van der Waals surface area contributed by atoms with Gasteiger partial charge in [-0.3, -0.25) is 9.36 Å². The van der Waals surface area contributed by atoms with Crippen molar-refractivity contribution in [1.29, 1.82) is 0 Å². The lowest BCUT2D eigenvalue weighted by atomic mass is 10.0. The molecule has 3 aromatic carbocycles. The second-order valence-electron chi connectivity index (χ2n) is 7.49. The zero-order valence-corrected chi connectivity index (χ0v) is 19.3. The van der Waals surface area contributed by atoms with Crippen LogP contribution in [0, 0.1) is 11.6 Å². The number of ketones is 1. The number of para-hydroxylation sites is 1. The molecular weight excluding hydrogens is 498 g/mol. The number of nitrogens with zero attached hydrogens (tertiary/aromatic N) is 2. The number of halogens is 3. The van der Waals surface area contributed by atoms with E-state index in [1.54, 1.807) is 24.3 Å². The van der Waals surface area contributed by atoms with Crippen molar-refractivity contribution in [3.05, 3.63) is 89.0 Å². The zero-order valence-electron chi connectivity index (χ0n) is 17.7. The van der Waals surface area contributed by atoms with Gasteiger partial charge in [0.05, 0.1) is 26.5 Å². The summed E-state index contributed by atoms with van der Waals surface area (Å²) in [7, 11) is 0. The topological polar surface area (TPSA) is 84.6 Å².